The molecule has 3 aromatic rings. The number of hydrogen-bond donors (Lipinski definition) is 1. The molecule has 1 unspecified atom stereocenters. The standard InChI is InChI=1S/C27H25NO6S/c1-3-25(30)34-28-18(2)26(31)20-9-13-22(14-10-20)35-23-15-11-21(12-16-23)27(32)33-17-24(29)19-7-5-4-6-8-19/h4-16,24,29H,3,17H2,1-2H3/b28-18+. The fourth-order valence-corrected chi connectivity index (χ4v) is 3.73. The number of ketones is 1. The zero-order chi connectivity index (χ0) is 25.2. The van der Waals surface area contributed by atoms with Gasteiger partial charge in [-0.2, -0.15) is 0 Å². The van der Waals surface area contributed by atoms with E-state index in [1.165, 1.54) is 18.7 Å². The van der Waals surface area contributed by atoms with E-state index in [4.69, 9.17) is 4.74 Å². The second kappa shape index (κ2) is 12.6. The van der Waals surface area contributed by atoms with Crippen LogP contribution in [-0.2, 0) is 14.4 Å². The van der Waals surface area contributed by atoms with Crippen molar-refractivity contribution in [2.45, 2.75) is 36.2 Å². The number of aliphatic hydroxyl groups excluding tert-OH is 1. The van der Waals surface area contributed by atoms with Gasteiger partial charge < -0.3 is 14.7 Å². The van der Waals surface area contributed by atoms with Gasteiger partial charge in [-0.15, -0.1) is 0 Å². The highest BCUT2D eigenvalue weighted by Gasteiger charge is 2.14. The SMILES string of the molecule is CCC(=O)O/N=C(\C)C(=O)c1ccc(Sc2ccc(C(=O)OCC(O)c3ccccc3)cc2)cc1. The molecule has 8 heteroatoms. The highest BCUT2D eigenvalue weighted by atomic mass is 32.2. The quantitative estimate of drug-likeness (QED) is 0.136. The number of benzene rings is 3. The molecule has 0 bridgehead atoms. The van der Waals surface area contributed by atoms with Crippen molar-refractivity contribution in [1.29, 1.82) is 0 Å². The number of aliphatic hydroxyl groups is 1. The number of nitrogens with zero attached hydrogens (tertiary/aromatic N) is 1. The van der Waals surface area contributed by atoms with Gasteiger partial charge in [-0.3, -0.25) is 4.79 Å². The zero-order valence-corrected chi connectivity index (χ0v) is 20.2. The minimum atomic E-state index is -0.883. The summed E-state index contributed by atoms with van der Waals surface area (Å²) in [5.41, 5.74) is 1.58. The topological polar surface area (TPSA) is 102 Å². The Bertz CT molecular complexity index is 1190. The maximum absolute atomic E-state index is 12.4. The van der Waals surface area contributed by atoms with Gasteiger partial charge in [0.1, 0.15) is 18.4 Å². The number of Topliss-reactive ketones (excluding diaryl/α,β-unsaturated/α-hetero) is 1. The molecule has 0 aromatic heterocycles. The molecule has 0 heterocycles. The molecule has 0 radical (unpaired) electrons. The number of ether oxygens (including phenoxy) is 1. The van der Waals surface area contributed by atoms with Crippen LogP contribution in [-0.4, -0.2) is 35.1 Å². The van der Waals surface area contributed by atoms with Crippen molar-refractivity contribution in [2.75, 3.05) is 6.61 Å². The van der Waals surface area contributed by atoms with Crippen LogP contribution >= 0.6 is 11.8 Å². The molecule has 180 valence electrons. The molecule has 0 aliphatic carbocycles. The summed E-state index contributed by atoms with van der Waals surface area (Å²) < 4.78 is 5.23. The van der Waals surface area contributed by atoms with Crippen molar-refractivity contribution in [1.82, 2.24) is 0 Å². The van der Waals surface area contributed by atoms with Crippen LogP contribution < -0.4 is 0 Å². The van der Waals surface area contributed by atoms with Crippen LogP contribution in [0.3, 0.4) is 0 Å². The molecule has 3 rings (SSSR count). The summed E-state index contributed by atoms with van der Waals surface area (Å²) in [5.74, 6) is -1.35. The predicted molar refractivity (Wildman–Crippen MR) is 133 cm³/mol. The molecular weight excluding hydrogens is 466 g/mol. The van der Waals surface area contributed by atoms with Crippen LogP contribution in [0.2, 0.25) is 0 Å². The lowest BCUT2D eigenvalue weighted by molar-refractivity contribution is -0.143. The molecular formula is C27H25NO6S. The Hall–Kier alpha value is -3.75. The van der Waals surface area contributed by atoms with Gasteiger partial charge >= 0.3 is 11.9 Å². The summed E-state index contributed by atoms with van der Waals surface area (Å²) in [7, 11) is 0. The van der Waals surface area contributed by atoms with Gasteiger partial charge in [0.15, 0.2) is 0 Å². The van der Waals surface area contributed by atoms with Crippen LogP contribution in [0.15, 0.2) is 93.8 Å². The number of hydrogen-bond acceptors (Lipinski definition) is 8. The Morgan fingerprint density at radius 3 is 2.03 bits per heavy atom. The second-order valence-corrected chi connectivity index (χ2v) is 8.65. The monoisotopic (exact) mass is 491 g/mol. The lowest BCUT2D eigenvalue weighted by Gasteiger charge is -2.11. The van der Waals surface area contributed by atoms with E-state index >= 15 is 0 Å². The lowest BCUT2D eigenvalue weighted by Crippen LogP contribution is -2.12. The van der Waals surface area contributed by atoms with Gasteiger partial charge in [-0.1, -0.05) is 54.2 Å². The van der Waals surface area contributed by atoms with Crippen molar-refractivity contribution < 1.29 is 29.1 Å². The van der Waals surface area contributed by atoms with Crippen LogP contribution in [0.4, 0.5) is 0 Å². The summed E-state index contributed by atoms with van der Waals surface area (Å²) in [6.45, 7) is 3.00. The average molecular weight is 492 g/mol. The number of carbonyl (C=O) groups excluding carboxylic acids is 3. The van der Waals surface area contributed by atoms with Crippen molar-refractivity contribution in [2.24, 2.45) is 5.16 Å². The summed E-state index contributed by atoms with van der Waals surface area (Å²) in [6.07, 6.45) is -0.706. The molecule has 0 amide bonds. The average Bonchev–Trinajstić information content (AvgIpc) is 2.90. The van der Waals surface area contributed by atoms with Crippen molar-refractivity contribution in [3.63, 3.8) is 0 Å². The summed E-state index contributed by atoms with van der Waals surface area (Å²) in [4.78, 5) is 42.3. The van der Waals surface area contributed by atoms with E-state index in [9.17, 15) is 19.5 Å². The largest absolute Gasteiger partial charge is 0.459 e. The summed E-state index contributed by atoms with van der Waals surface area (Å²) in [6, 6.07) is 22.9. The lowest BCUT2D eigenvalue weighted by atomic mass is 10.1. The van der Waals surface area contributed by atoms with Gasteiger partial charge in [-0.25, -0.2) is 9.59 Å². The number of carbonyl (C=O) groups is 3. The minimum Gasteiger partial charge on any atom is -0.459 e. The van der Waals surface area contributed by atoms with E-state index in [-0.39, 0.29) is 24.5 Å². The third-order valence-corrected chi connectivity index (χ3v) is 5.92. The number of rotatable bonds is 10. The van der Waals surface area contributed by atoms with Crippen molar-refractivity contribution >= 4 is 35.2 Å². The Kier molecular flexibility index (Phi) is 9.34. The first-order valence-corrected chi connectivity index (χ1v) is 11.8. The zero-order valence-electron chi connectivity index (χ0n) is 19.3. The first-order chi connectivity index (χ1) is 16.9. The third kappa shape index (κ3) is 7.63. The highest BCUT2D eigenvalue weighted by molar-refractivity contribution is 7.99. The molecule has 1 atom stereocenters. The Balaban J connectivity index is 1.54. The Morgan fingerprint density at radius 1 is 0.886 bits per heavy atom. The van der Waals surface area contributed by atoms with Crippen molar-refractivity contribution in [3.05, 3.63) is 95.6 Å². The molecule has 0 fully saturated rings. The van der Waals surface area contributed by atoms with Crippen LogP contribution in [0.5, 0.6) is 0 Å². The van der Waals surface area contributed by atoms with E-state index < -0.39 is 18.0 Å². The number of esters is 1. The smallest absolute Gasteiger partial charge is 0.338 e. The van der Waals surface area contributed by atoms with E-state index in [1.807, 2.05) is 18.2 Å². The molecule has 3 aromatic carbocycles. The molecule has 0 aliphatic rings. The Morgan fingerprint density at radius 2 is 1.46 bits per heavy atom. The molecule has 0 saturated heterocycles. The molecule has 35 heavy (non-hydrogen) atoms. The maximum Gasteiger partial charge on any atom is 0.338 e. The number of oxime groups is 1. The first-order valence-electron chi connectivity index (χ1n) is 10.9. The molecule has 0 saturated carbocycles. The second-order valence-electron chi connectivity index (χ2n) is 7.50. The maximum atomic E-state index is 12.4. The third-order valence-electron chi connectivity index (χ3n) is 4.90. The van der Waals surface area contributed by atoms with Crippen molar-refractivity contribution in [3.8, 4) is 0 Å². The van der Waals surface area contributed by atoms with Gasteiger partial charge in [0, 0.05) is 21.8 Å². The van der Waals surface area contributed by atoms with E-state index in [2.05, 4.69) is 9.99 Å². The summed E-state index contributed by atoms with van der Waals surface area (Å²) in [5, 5.41) is 13.7. The van der Waals surface area contributed by atoms with Gasteiger partial charge in [0.2, 0.25) is 5.78 Å². The van der Waals surface area contributed by atoms with Gasteiger partial charge in [0.25, 0.3) is 0 Å². The van der Waals surface area contributed by atoms with E-state index in [0.29, 0.717) is 16.7 Å². The fourth-order valence-electron chi connectivity index (χ4n) is 2.91. The normalized spacial score (nSPS) is 12.0. The minimum absolute atomic E-state index is 0.0889. The molecule has 7 nitrogen and oxygen atoms in total. The van der Waals surface area contributed by atoms with Gasteiger partial charge in [-0.05, 0) is 61.0 Å². The first kappa shape index (κ1) is 25.9. The van der Waals surface area contributed by atoms with Gasteiger partial charge in [0.05, 0.1) is 5.56 Å². The van der Waals surface area contributed by atoms with E-state index in [1.54, 1.807) is 67.6 Å². The van der Waals surface area contributed by atoms with Crippen LogP contribution in [0, 0.1) is 0 Å². The summed E-state index contributed by atoms with van der Waals surface area (Å²) >= 11 is 1.47. The molecule has 0 aliphatic heterocycles. The van der Waals surface area contributed by atoms with E-state index in [0.717, 1.165) is 9.79 Å². The predicted octanol–water partition coefficient (Wildman–Crippen LogP) is 5.24. The van der Waals surface area contributed by atoms with Crippen LogP contribution in [0.1, 0.15) is 52.7 Å². The molecule has 1 N–H and O–H groups in total. The van der Waals surface area contributed by atoms with Crippen LogP contribution in [0.25, 0.3) is 0 Å². The Labute approximate surface area is 207 Å². The fraction of sp³-hybridized carbons (Fsp3) is 0.185. The molecule has 0 spiro atoms. The highest BCUT2D eigenvalue weighted by Crippen LogP contribution is 2.28.